The summed E-state index contributed by atoms with van der Waals surface area (Å²) in [5.41, 5.74) is 2.14. The van der Waals surface area contributed by atoms with Gasteiger partial charge in [-0.25, -0.2) is 0 Å². The quantitative estimate of drug-likeness (QED) is 0.181. The van der Waals surface area contributed by atoms with E-state index in [-0.39, 0.29) is 36.1 Å². The third-order valence-corrected chi connectivity index (χ3v) is 8.16. The summed E-state index contributed by atoms with van der Waals surface area (Å²) in [7, 11) is 3.32. The second-order valence-electron chi connectivity index (χ2n) is 11.7. The smallest absolute Gasteiger partial charge is 0.163 e. The van der Waals surface area contributed by atoms with Gasteiger partial charge < -0.3 is 33.5 Å². The standard InChI is InChI=1S/C34H50O7/c1-9-10-30(35)24(3)25(4)32-33(39-22-27-13-17-29(37-8)18-14-27)31(40-34(5,6)41-32)23(2)19-20-38-21-26-11-15-28(36-7)16-12-26/h9,11-18,23-25,30-33,35H,1,10,19-22H2,2-8H3/t23-,24+,25+,30-,31+,32-,33+/m1/s1. The zero-order chi connectivity index (χ0) is 30.0. The third kappa shape index (κ3) is 9.55. The van der Waals surface area contributed by atoms with E-state index in [4.69, 9.17) is 28.4 Å². The lowest BCUT2D eigenvalue weighted by Crippen LogP contribution is -2.60. The number of ether oxygens (including phenoxy) is 6. The molecule has 0 amide bonds. The number of benzene rings is 2. The van der Waals surface area contributed by atoms with Gasteiger partial charge in [0.2, 0.25) is 0 Å². The van der Waals surface area contributed by atoms with Crippen molar-refractivity contribution in [3.05, 3.63) is 72.3 Å². The van der Waals surface area contributed by atoms with Crippen LogP contribution >= 0.6 is 0 Å². The van der Waals surface area contributed by atoms with Crippen LogP contribution in [0.1, 0.15) is 58.6 Å². The van der Waals surface area contributed by atoms with Crippen molar-refractivity contribution < 1.29 is 33.5 Å². The SMILES string of the molecule is C=CC[C@@H](O)[C@@H](C)[C@H](C)[C@H]1OC(C)(C)O[C@@H]([C@H](C)CCOCc2ccc(OC)cc2)[C@@H]1OCc1ccc(OC)cc1. The van der Waals surface area contributed by atoms with E-state index in [0.717, 1.165) is 29.0 Å². The fourth-order valence-electron chi connectivity index (χ4n) is 5.33. The zero-order valence-corrected chi connectivity index (χ0v) is 25.9. The predicted octanol–water partition coefficient (Wildman–Crippen LogP) is 6.56. The topological polar surface area (TPSA) is 75.6 Å². The molecule has 7 atom stereocenters. The van der Waals surface area contributed by atoms with Crippen LogP contribution in [0.2, 0.25) is 0 Å². The zero-order valence-electron chi connectivity index (χ0n) is 25.9. The summed E-state index contributed by atoms with van der Waals surface area (Å²) >= 11 is 0. The largest absolute Gasteiger partial charge is 0.497 e. The molecule has 1 aliphatic rings. The van der Waals surface area contributed by atoms with Crippen LogP contribution in [0.15, 0.2) is 61.2 Å². The molecular weight excluding hydrogens is 520 g/mol. The lowest BCUT2D eigenvalue weighted by atomic mass is 9.79. The van der Waals surface area contributed by atoms with Gasteiger partial charge in [0, 0.05) is 6.61 Å². The summed E-state index contributed by atoms with van der Waals surface area (Å²) < 4.78 is 36.4. The Morgan fingerprint density at radius 3 is 1.95 bits per heavy atom. The molecule has 1 fully saturated rings. The maximum absolute atomic E-state index is 10.8. The van der Waals surface area contributed by atoms with Crippen molar-refractivity contribution >= 4 is 0 Å². The number of methoxy groups -OCH3 is 2. The lowest BCUT2D eigenvalue weighted by Gasteiger charge is -2.50. The number of aliphatic hydroxyl groups excluding tert-OH is 1. The summed E-state index contributed by atoms with van der Waals surface area (Å²) in [4.78, 5) is 0. The number of aliphatic hydroxyl groups is 1. The molecule has 228 valence electrons. The highest BCUT2D eigenvalue weighted by atomic mass is 16.7. The van der Waals surface area contributed by atoms with Gasteiger partial charge in [-0.05, 0) is 79.8 Å². The Hall–Kier alpha value is -2.42. The van der Waals surface area contributed by atoms with E-state index in [9.17, 15) is 5.11 Å². The molecule has 2 aromatic carbocycles. The molecule has 0 aromatic heterocycles. The average molecular weight is 571 g/mol. The normalized spacial score (nSPS) is 23.3. The molecule has 1 heterocycles. The van der Waals surface area contributed by atoms with E-state index in [1.165, 1.54) is 0 Å². The molecule has 7 nitrogen and oxygen atoms in total. The minimum Gasteiger partial charge on any atom is -0.497 e. The summed E-state index contributed by atoms with van der Waals surface area (Å²) in [6.45, 7) is 15.6. The van der Waals surface area contributed by atoms with Crippen molar-refractivity contribution in [2.24, 2.45) is 17.8 Å². The molecule has 0 radical (unpaired) electrons. The van der Waals surface area contributed by atoms with E-state index in [2.05, 4.69) is 27.4 Å². The first kappa shape index (κ1) is 33.1. The maximum Gasteiger partial charge on any atom is 0.163 e. The van der Waals surface area contributed by atoms with E-state index < -0.39 is 11.9 Å². The number of hydrogen-bond donors (Lipinski definition) is 1. The molecule has 1 N–H and O–H groups in total. The Morgan fingerprint density at radius 2 is 1.41 bits per heavy atom. The van der Waals surface area contributed by atoms with E-state index in [0.29, 0.717) is 26.2 Å². The predicted molar refractivity (Wildman–Crippen MR) is 161 cm³/mol. The van der Waals surface area contributed by atoms with Gasteiger partial charge in [-0.15, -0.1) is 6.58 Å². The second-order valence-corrected chi connectivity index (χ2v) is 11.7. The van der Waals surface area contributed by atoms with Crippen LogP contribution in [0, 0.1) is 17.8 Å². The molecule has 0 unspecified atom stereocenters. The van der Waals surface area contributed by atoms with Crippen molar-refractivity contribution in [3.63, 3.8) is 0 Å². The van der Waals surface area contributed by atoms with Crippen LogP contribution in [0.3, 0.4) is 0 Å². The highest BCUT2D eigenvalue weighted by Gasteiger charge is 2.49. The van der Waals surface area contributed by atoms with Crippen molar-refractivity contribution in [1.29, 1.82) is 0 Å². The van der Waals surface area contributed by atoms with Gasteiger partial charge in [-0.3, -0.25) is 0 Å². The van der Waals surface area contributed by atoms with Gasteiger partial charge in [0.25, 0.3) is 0 Å². The Kier molecular flexibility index (Phi) is 12.7. The van der Waals surface area contributed by atoms with Gasteiger partial charge in [-0.1, -0.05) is 51.1 Å². The Morgan fingerprint density at radius 1 is 0.878 bits per heavy atom. The van der Waals surface area contributed by atoms with Crippen LogP contribution in [-0.2, 0) is 32.2 Å². The number of hydrogen-bond acceptors (Lipinski definition) is 7. The van der Waals surface area contributed by atoms with Crippen molar-refractivity contribution in [1.82, 2.24) is 0 Å². The van der Waals surface area contributed by atoms with Gasteiger partial charge in [0.05, 0.1) is 45.7 Å². The minimum absolute atomic E-state index is 0.00927. The molecule has 7 heteroatoms. The lowest BCUT2D eigenvalue weighted by molar-refractivity contribution is -0.357. The van der Waals surface area contributed by atoms with Crippen LogP contribution in [0.4, 0.5) is 0 Å². The van der Waals surface area contributed by atoms with Gasteiger partial charge in [-0.2, -0.15) is 0 Å². The monoisotopic (exact) mass is 570 g/mol. The van der Waals surface area contributed by atoms with Crippen molar-refractivity contribution in [2.75, 3.05) is 20.8 Å². The van der Waals surface area contributed by atoms with E-state index >= 15 is 0 Å². The fourth-order valence-corrected chi connectivity index (χ4v) is 5.33. The highest BCUT2D eigenvalue weighted by Crippen LogP contribution is 2.39. The molecule has 0 aliphatic carbocycles. The van der Waals surface area contributed by atoms with E-state index in [1.54, 1.807) is 20.3 Å². The molecule has 1 aliphatic heterocycles. The third-order valence-electron chi connectivity index (χ3n) is 8.16. The summed E-state index contributed by atoms with van der Waals surface area (Å²) in [5.74, 6) is 0.955. The van der Waals surface area contributed by atoms with Gasteiger partial charge >= 0.3 is 0 Å². The maximum atomic E-state index is 10.8. The van der Waals surface area contributed by atoms with Crippen molar-refractivity contribution in [3.8, 4) is 11.5 Å². The molecule has 0 bridgehead atoms. The Labute approximate surface area is 246 Å². The second kappa shape index (κ2) is 15.7. The average Bonchev–Trinajstić information content (AvgIpc) is 2.97. The first-order chi connectivity index (χ1) is 19.6. The first-order valence-corrected chi connectivity index (χ1v) is 14.7. The van der Waals surface area contributed by atoms with Crippen molar-refractivity contribution in [2.45, 2.75) is 90.9 Å². The summed E-state index contributed by atoms with van der Waals surface area (Å²) in [5, 5.41) is 10.8. The Bertz CT molecular complexity index is 1040. The Balaban J connectivity index is 1.74. The molecule has 1 saturated heterocycles. The minimum atomic E-state index is -0.801. The molecular formula is C34H50O7. The fraction of sp³-hybridized carbons (Fsp3) is 0.588. The van der Waals surface area contributed by atoms with Crippen LogP contribution in [0.25, 0.3) is 0 Å². The van der Waals surface area contributed by atoms with Gasteiger partial charge in [0.15, 0.2) is 5.79 Å². The van der Waals surface area contributed by atoms with E-state index in [1.807, 2.05) is 62.4 Å². The molecule has 2 aromatic rings. The van der Waals surface area contributed by atoms with Crippen LogP contribution < -0.4 is 9.47 Å². The summed E-state index contributed by atoms with van der Waals surface area (Å²) in [6.07, 6.45) is 1.74. The molecule has 0 saturated carbocycles. The van der Waals surface area contributed by atoms with Crippen LogP contribution in [-0.4, -0.2) is 56.1 Å². The molecule has 3 rings (SSSR count). The first-order valence-electron chi connectivity index (χ1n) is 14.7. The summed E-state index contributed by atoms with van der Waals surface area (Å²) in [6, 6.07) is 15.8. The van der Waals surface area contributed by atoms with Crippen LogP contribution in [0.5, 0.6) is 11.5 Å². The number of rotatable bonds is 16. The molecule has 0 spiro atoms. The van der Waals surface area contributed by atoms with Gasteiger partial charge in [0.1, 0.15) is 17.6 Å². The molecule has 41 heavy (non-hydrogen) atoms. The highest BCUT2D eigenvalue weighted by molar-refractivity contribution is 5.27.